The first-order chi connectivity index (χ1) is 8.99. The molecule has 3 nitrogen and oxygen atoms in total. The highest BCUT2D eigenvalue weighted by atomic mass is 79.9. The van der Waals surface area contributed by atoms with Gasteiger partial charge in [0.05, 0.1) is 5.02 Å². The minimum Gasteiger partial charge on any atom is -0.398 e. The van der Waals surface area contributed by atoms with Crippen LogP contribution in [0.1, 0.15) is 15.9 Å². The van der Waals surface area contributed by atoms with E-state index in [0.717, 1.165) is 10.0 Å². The van der Waals surface area contributed by atoms with E-state index in [1.54, 1.807) is 36.4 Å². The maximum Gasteiger partial charge on any atom is 0.256 e. The van der Waals surface area contributed by atoms with Crippen LogP contribution in [-0.4, -0.2) is 5.91 Å². The van der Waals surface area contributed by atoms with Gasteiger partial charge in [0.1, 0.15) is 0 Å². The zero-order valence-corrected chi connectivity index (χ0v) is 12.5. The maximum atomic E-state index is 12.2. The number of halogens is 2. The predicted octanol–water partition coefficient (Wildman–Crippen LogP) is 4.25. The van der Waals surface area contributed by atoms with E-state index < -0.39 is 0 Å². The highest BCUT2D eigenvalue weighted by molar-refractivity contribution is 9.10. The van der Waals surface area contributed by atoms with Crippen molar-refractivity contribution >= 4 is 44.8 Å². The molecule has 5 heteroatoms. The van der Waals surface area contributed by atoms with Crippen molar-refractivity contribution in [3.63, 3.8) is 0 Å². The molecule has 0 saturated heterocycles. The summed E-state index contributed by atoms with van der Waals surface area (Å²) in [5.41, 5.74) is 8.39. The van der Waals surface area contributed by atoms with Crippen LogP contribution >= 0.6 is 27.5 Å². The van der Waals surface area contributed by atoms with Gasteiger partial charge in [0, 0.05) is 21.4 Å². The molecule has 0 spiro atoms. The van der Waals surface area contributed by atoms with Crippen LogP contribution < -0.4 is 11.1 Å². The highest BCUT2D eigenvalue weighted by Gasteiger charge is 2.11. The van der Waals surface area contributed by atoms with Crippen LogP contribution in [0.5, 0.6) is 0 Å². The third-order valence-electron chi connectivity index (χ3n) is 2.80. The first kappa shape index (κ1) is 13.9. The van der Waals surface area contributed by atoms with Crippen molar-refractivity contribution in [1.82, 2.24) is 0 Å². The van der Waals surface area contributed by atoms with Crippen LogP contribution in [0.3, 0.4) is 0 Å². The van der Waals surface area contributed by atoms with Gasteiger partial charge >= 0.3 is 0 Å². The number of nitrogens with one attached hydrogen (secondary N) is 1. The van der Waals surface area contributed by atoms with E-state index in [2.05, 4.69) is 21.2 Å². The molecule has 0 aliphatic carbocycles. The van der Waals surface area contributed by atoms with Crippen molar-refractivity contribution in [2.24, 2.45) is 0 Å². The van der Waals surface area contributed by atoms with Gasteiger partial charge in [0.2, 0.25) is 0 Å². The number of hydrogen-bond donors (Lipinski definition) is 2. The Hall–Kier alpha value is -1.52. The monoisotopic (exact) mass is 338 g/mol. The summed E-state index contributed by atoms with van der Waals surface area (Å²) in [7, 11) is 0. The molecule has 0 aromatic heterocycles. The fourth-order valence-corrected chi connectivity index (χ4v) is 2.17. The second-order valence-corrected chi connectivity index (χ2v) is 5.36. The van der Waals surface area contributed by atoms with Gasteiger partial charge in [-0.2, -0.15) is 0 Å². The topological polar surface area (TPSA) is 55.1 Å². The van der Waals surface area contributed by atoms with Gasteiger partial charge in [-0.1, -0.05) is 17.7 Å². The Balaban J connectivity index is 2.26. The number of nitrogen functional groups attached to an aromatic ring is 1. The van der Waals surface area contributed by atoms with E-state index >= 15 is 0 Å². The lowest BCUT2D eigenvalue weighted by Crippen LogP contribution is -2.14. The molecule has 1 amide bonds. The Morgan fingerprint density at radius 2 is 2.05 bits per heavy atom. The first-order valence-electron chi connectivity index (χ1n) is 5.60. The van der Waals surface area contributed by atoms with Gasteiger partial charge in [0.25, 0.3) is 5.91 Å². The standard InChI is InChI=1S/C14H12BrClN2O/c1-8-10(3-2-4-13(8)17)14(19)18-9-5-6-12(16)11(15)7-9/h2-7H,17H2,1H3,(H,18,19). The molecule has 0 fully saturated rings. The summed E-state index contributed by atoms with van der Waals surface area (Å²) in [4.78, 5) is 12.2. The average Bonchev–Trinajstić information content (AvgIpc) is 2.37. The predicted molar refractivity (Wildman–Crippen MR) is 82.7 cm³/mol. The molecule has 0 heterocycles. The van der Waals surface area contributed by atoms with Gasteiger partial charge in [-0.05, 0) is 58.7 Å². The molecule has 19 heavy (non-hydrogen) atoms. The van der Waals surface area contributed by atoms with Gasteiger partial charge in [0.15, 0.2) is 0 Å². The Kier molecular flexibility index (Phi) is 4.12. The lowest BCUT2D eigenvalue weighted by Gasteiger charge is -2.10. The molecule has 98 valence electrons. The average molecular weight is 340 g/mol. The molecule has 0 aliphatic heterocycles. The molecule has 0 saturated carbocycles. The lowest BCUT2D eigenvalue weighted by atomic mass is 10.1. The number of anilines is 2. The van der Waals surface area contributed by atoms with Crippen molar-refractivity contribution < 1.29 is 4.79 Å². The van der Waals surface area contributed by atoms with Crippen LogP contribution in [0.4, 0.5) is 11.4 Å². The fraction of sp³-hybridized carbons (Fsp3) is 0.0714. The van der Waals surface area contributed by atoms with E-state index in [0.29, 0.717) is 22.0 Å². The summed E-state index contributed by atoms with van der Waals surface area (Å²) in [6.07, 6.45) is 0. The Morgan fingerprint density at radius 3 is 2.74 bits per heavy atom. The van der Waals surface area contributed by atoms with Gasteiger partial charge in [-0.15, -0.1) is 0 Å². The highest BCUT2D eigenvalue weighted by Crippen LogP contribution is 2.26. The number of benzene rings is 2. The molecule has 2 rings (SSSR count). The van der Waals surface area contributed by atoms with Crippen LogP contribution in [0.2, 0.25) is 5.02 Å². The summed E-state index contributed by atoms with van der Waals surface area (Å²) in [5, 5.41) is 3.41. The molecule has 3 N–H and O–H groups in total. The quantitative estimate of drug-likeness (QED) is 0.804. The molecule has 0 aliphatic rings. The zero-order chi connectivity index (χ0) is 14.0. The molecule has 0 radical (unpaired) electrons. The third kappa shape index (κ3) is 3.08. The van der Waals surface area contributed by atoms with Crippen LogP contribution in [-0.2, 0) is 0 Å². The van der Waals surface area contributed by atoms with Crippen molar-refractivity contribution in [1.29, 1.82) is 0 Å². The number of carbonyl (C=O) groups is 1. The summed E-state index contributed by atoms with van der Waals surface area (Å²) in [5.74, 6) is -0.195. The normalized spacial score (nSPS) is 10.3. The largest absolute Gasteiger partial charge is 0.398 e. The van der Waals surface area contributed by atoms with E-state index in [9.17, 15) is 4.79 Å². The minimum absolute atomic E-state index is 0.195. The van der Waals surface area contributed by atoms with Gasteiger partial charge < -0.3 is 11.1 Å². The number of amides is 1. The van der Waals surface area contributed by atoms with E-state index in [1.807, 2.05) is 6.92 Å². The molecule has 2 aromatic rings. The minimum atomic E-state index is -0.195. The molecular weight excluding hydrogens is 328 g/mol. The summed E-state index contributed by atoms with van der Waals surface area (Å²) < 4.78 is 0.733. The van der Waals surface area contributed by atoms with E-state index in [1.165, 1.54) is 0 Å². The Labute approximate surface area is 124 Å². The fourth-order valence-electron chi connectivity index (χ4n) is 1.67. The maximum absolute atomic E-state index is 12.2. The number of rotatable bonds is 2. The zero-order valence-electron chi connectivity index (χ0n) is 10.2. The van der Waals surface area contributed by atoms with Crippen LogP contribution in [0, 0.1) is 6.92 Å². The number of carbonyl (C=O) groups excluding carboxylic acids is 1. The second-order valence-electron chi connectivity index (χ2n) is 4.10. The van der Waals surface area contributed by atoms with Crippen molar-refractivity contribution in [3.05, 3.63) is 57.0 Å². The Bertz CT molecular complexity index is 643. The summed E-state index contributed by atoms with van der Waals surface area (Å²) >= 11 is 9.22. The summed E-state index contributed by atoms with van der Waals surface area (Å²) in [6, 6.07) is 10.5. The molecule has 0 unspecified atom stereocenters. The summed E-state index contributed by atoms with van der Waals surface area (Å²) in [6.45, 7) is 1.82. The van der Waals surface area contributed by atoms with Crippen molar-refractivity contribution in [2.45, 2.75) is 6.92 Å². The SMILES string of the molecule is Cc1c(N)cccc1C(=O)Nc1ccc(Cl)c(Br)c1. The molecule has 0 atom stereocenters. The first-order valence-corrected chi connectivity index (χ1v) is 6.77. The molecule has 0 bridgehead atoms. The Morgan fingerprint density at radius 1 is 1.32 bits per heavy atom. The smallest absolute Gasteiger partial charge is 0.256 e. The van der Waals surface area contributed by atoms with Gasteiger partial charge in [-0.3, -0.25) is 4.79 Å². The molecular formula is C14H12BrClN2O. The number of nitrogens with two attached hydrogens (primary N) is 1. The van der Waals surface area contributed by atoms with Crippen LogP contribution in [0.15, 0.2) is 40.9 Å². The third-order valence-corrected chi connectivity index (χ3v) is 4.01. The van der Waals surface area contributed by atoms with Gasteiger partial charge in [-0.25, -0.2) is 0 Å². The van der Waals surface area contributed by atoms with E-state index in [-0.39, 0.29) is 5.91 Å². The second kappa shape index (κ2) is 5.63. The van der Waals surface area contributed by atoms with E-state index in [4.69, 9.17) is 17.3 Å². The van der Waals surface area contributed by atoms with Crippen molar-refractivity contribution in [3.8, 4) is 0 Å². The van der Waals surface area contributed by atoms with Crippen LogP contribution in [0.25, 0.3) is 0 Å². The molecule has 2 aromatic carbocycles. The lowest BCUT2D eigenvalue weighted by molar-refractivity contribution is 0.102. The number of hydrogen-bond acceptors (Lipinski definition) is 2. The van der Waals surface area contributed by atoms with Crippen molar-refractivity contribution in [2.75, 3.05) is 11.1 Å².